The molecule has 0 aliphatic carbocycles. The van der Waals surface area contributed by atoms with E-state index in [0.29, 0.717) is 12.1 Å². The van der Waals surface area contributed by atoms with Gasteiger partial charge in [0.1, 0.15) is 5.56 Å². The average molecular weight is 370 g/mol. The average Bonchev–Trinajstić information content (AvgIpc) is 2.67. The largest absolute Gasteiger partial charge is 0.452 e. The Balaban J connectivity index is 1.91. The third-order valence-electron chi connectivity index (χ3n) is 4.28. The van der Waals surface area contributed by atoms with Gasteiger partial charge in [0, 0.05) is 18.0 Å². The van der Waals surface area contributed by atoms with E-state index in [9.17, 15) is 19.7 Å². The molecule has 7 nitrogen and oxygen atoms in total. The Bertz CT molecular complexity index is 820. The maximum Gasteiger partial charge on any atom is 0.345 e. The minimum Gasteiger partial charge on any atom is -0.452 e. The van der Waals surface area contributed by atoms with Crippen LogP contribution in [-0.4, -0.2) is 30.0 Å². The predicted molar refractivity (Wildman–Crippen MR) is 101 cm³/mol. The molecule has 2 aromatic carbocycles. The summed E-state index contributed by atoms with van der Waals surface area (Å²) in [4.78, 5) is 34.7. The summed E-state index contributed by atoms with van der Waals surface area (Å²) in [6.45, 7) is 3.49. The van der Waals surface area contributed by atoms with Gasteiger partial charge in [-0.15, -0.1) is 0 Å². The van der Waals surface area contributed by atoms with Gasteiger partial charge in [0.05, 0.1) is 4.92 Å². The molecule has 0 bridgehead atoms. The second-order valence-electron chi connectivity index (χ2n) is 6.12. The fourth-order valence-corrected chi connectivity index (χ4v) is 2.79. The second-order valence-corrected chi connectivity index (χ2v) is 6.12. The van der Waals surface area contributed by atoms with Crippen molar-refractivity contribution in [3.63, 3.8) is 0 Å². The molecule has 0 heterocycles. The number of nitro benzene ring substituents is 1. The molecule has 0 fully saturated rings. The van der Waals surface area contributed by atoms with Crippen LogP contribution in [0.5, 0.6) is 0 Å². The summed E-state index contributed by atoms with van der Waals surface area (Å²) in [6, 6.07) is 14.2. The van der Waals surface area contributed by atoms with Crippen LogP contribution in [0.4, 0.5) is 5.69 Å². The Morgan fingerprint density at radius 2 is 1.85 bits per heavy atom. The van der Waals surface area contributed by atoms with Crippen LogP contribution in [0.15, 0.2) is 48.5 Å². The highest BCUT2D eigenvalue weighted by atomic mass is 16.6. The van der Waals surface area contributed by atoms with E-state index in [2.05, 4.69) is 5.32 Å². The van der Waals surface area contributed by atoms with Gasteiger partial charge in [0.2, 0.25) is 0 Å². The van der Waals surface area contributed by atoms with E-state index in [-0.39, 0.29) is 17.2 Å². The van der Waals surface area contributed by atoms with E-state index < -0.39 is 23.4 Å². The van der Waals surface area contributed by atoms with E-state index in [4.69, 9.17) is 4.74 Å². The standard InChI is InChI=1S/C20H22N2O5/c1-3-15(16-9-5-4-6-10-16)12-21-18(23)13-27-20(24)17-11-7-8-14(2)19(17)22(25)26/h4-11,15H,3,12-13H2,1-2H3,(H,21,23)/t15-/m0/s1. The van der Waals surface area contributed by atoms with Gasteiger partial charge in [0.25, 0.3) is 11.6 Å². The number of nitrogens with zero attached hydrogens (tertiary/aromatic N) is 1. The minimum atomic E-state index is -0.893. The van der Waals surface area contributed by atoms with Crippen LogP contribution in [0.25, 0.3) is 0 Å². The fraction of sp³-hybridized carbons (Fsp3) is 0.300. The molecule has 0 aliphatic rings. The molecule has 142 valence electrons. The van der Waals surface area contributed by atoms with Crippen molar-refractivity contribution in [1.82, 2.24) is 5.32 Å². The maximum atomic E-state index is 12.1. The molecule has 1 atom stereocenters. The lowest BCUT2D eigenvalue weighted by atomic mass is 9.96. The summed E-state index contributed by atoms with van der Waals surface area (Å²) in [7, 11) is 0. The van der Waals surface area contributed by atoms with Crippen molar-refractivity contribution >= 4 is 17.6 Å². The highest BCUT2D eigenvalue weighted by Gasteiger charge is 2.24. The van der Waals surface area contributed by atoms with Gasteiger partial charge in [-0.1, -0.05) is 49.4 Å². The van der Waals surface area contributed by atoms with Gasteiger partial charge in [-0.25, -0.2) is 4.79 Å². The van der Waals surface area contributed by atoms with Gasteiger partial charge < -0.3 is 10.1 Å². The smallest absolute Gasteiger partial charge is 0.345 e. The molecular weight excluding hydrogens is 348 g/mol. The summed E-state index contributed by atoms with van der Waals surface area (Å²) in [5, 5.41) is 13.9. The number of carbonyl (C=O) groups is 2. The molecule has 2 aromatic rings. The summed E-state index contributed by atoms with van der Waals surface area (Å²) in [5.74, 6) is -1.19. The number of hydrogen-bond acceptors (Lipinski definition) is 5. The molecule has 2 rings (SSSR count). The molecule has 1 N–H and O–H groups in total. The Labute approximate surface area is 157 Å². The zero-order valence-corrected chi connectivity index (χ0v) is 15.3. The van der Waals surface area contributed by atoms with Gasteiger partial charge in [0.15, 0.2) is 6.61 Å². The van der Waals surface area contributed by atoms with Crippen molar-refractivity contribution in [1.29, 1.82) is 0 Å². The minimum absolute atomic E-state index is 0.156. The van der Waals surface area contributed by atoms with E-state index in [1.54, 1.807) is 0 Å². The lowest BCUT2D eigenvalue weighted by Crippen LogP contribution is -2.32. The van der Waals surface area contributed by atoms with Crippen molar-refractivity contribution < 1.29 is 19.2 Å². The first-order valence-corrected chi connectivity index (χ1v) is 8.66. The van der Waals surface area contributed by atoms with Crippen molar-refractivity contribution in [3.05, 3.63) is 75.3 Å². The van der Waals surface area contributed by atoms with Crippen molar-refractivity contribution in [3.8, 4) is 0 Å². The lowest BCUT2D eigenvalue weighted by Gasteiger charge is -2.16. The van der Waals surface area contributed by atoms with Gasteiger partial charge in [-0.3, -0.25) is 14.9 Å². The van der Waals surface area contributed by atoms with Crippen LogP contribution in [0, 0.1) is 17.0 Å². The zero-order valence-electron chi connectivity index (χ0n) is 15.3. The molecule has 0 radical (unpaired) electrons. The predicted octanol–water partition coefficient (Wildman–Crippen LogP) is 3.37. The monoisotopic (exact) mass is 370 g/mol. The van der Waals surface area contributed by atoms with E-state index in [0.717, 1.165) is 12.0 Å². The Morgan fingerprint density at radius 1 is 1.15 bits per heavy atom. The number of carbonyl (C=O) groups excluding carboxylic acids is 2. The number of amides is 1. The van der Waals surface area contributed by atoms with Crippen molar-refractivity contribution in [2.75, 3.05) is 13.2 Å². The molecular formula is C20H22N2O5. The first kappa shape index (κ1) is 20.1. The summed E-state index contributed by atoms with van der Waals surface area (Å²) < 4.78 is 4.95. The molecule has 0 saturated carbocycles. The zero-order chi connectivity index (χ0) is 19.8. The molecule has 0 aromatic heterocycles. The number of esters is 1. The number of rotatable bonds is 8. The quantitative estimate of drug-likeness (QED) is 0.436. The number of nitro groups is 1. The van der Waals surface area contributed by atoms with Crippen LogP contribution in [0.2, 0.25) is 0 Å². The molecule has 7 heteroatoms. The Kier molecular flexibility index (Phi) is 7.05. The third-order valence-corrected chi connectivity index (χ3v) is 4.28. The third kappa shape index (κ3) is 5.37. The Hall–Kier alpha value is -3.22. The van der Waals surface area contributed by atoms with E-state index in [1.807, 2.05) is 37.3 Å². The summed E-state index contributed by atoms with van der Waals surface area (Å²) in [6.07, 6.45) is 0.847. The Morgan fingerprint density at radius 3 is 2.48 bits per heavy atom. The van der Waals surface area contributed by atoms with Crippen LogP contribution < -0.4 is 5.32 Å². The molecule has 0 saturated heterocycles. The van der Waals surface area contributed by atoms with Crippen molar-refractivity contribution in [2.24, 2.45) is 0 Å². The summed E-state index contributed by atoms with van der Waals surface area (Å²) >= 11 is 0. The van der Waals surface area contributed by atoms with Crippen LogP contribution >= 0.6 is 0 Å². The maximum absolute atomic E-state index is 12.1. The second kappa shape index (κ2) is 9.47. The number of aryl methyl sites for hydroxylation is 1. The summed E-state index contributed by atoms with van der Waals surface area (Å²) in [5.41, 5.74) is 1.00. The van der Waals surface area contributed by atoms with Gasteiger partial charge >= 0.3 is 5.97 Å². The first-order chi connectivity index (χ1) is 12.9. The normalized spacial score (nSPS) is 11.5. The number of nitrogens with one attached hydrogen (secondary N) is 1. The highest BCUT2D eigenvalue weighted by molar-refractivity contribution is 5.95. The van der Waals surface area contributed by atoms with Crippen molar-refractivity contribution in [2.45, 2.75) is 26.2 Å². The van der Waals surface area contributed by atoms with E-state index in [1.165, 1.54) is 25.1 Å². The fourth-order valence-electron chi connectivity index (χ4n) is 2.79. The van der Waals surface area contributed by atoms with Crippen LogP contribution in [-0.2, 0) is 9.53 Å². The van der Waals surface area contributed by atoms with Gasteiger partial charge in [-0.2, -0.15) is 0 Å². The van der Waals surface area contributed by atoms with Crippen LogP contribution in [0.1, 0.15) is 40.7 Å². The molecule has 27 heavy (non-hydrogen) atoms. The van der Waals surface area contributed by atoms with Gasteiger partial charge in [-0.05, 0) is 25.0 Å². The molecule has 1 amide bonds. The molecule has 0 aliphatic heterocycles. The first-order valence-electron chi connectivity index (χ1n) is 8.66. The highest BCUT2D eigenvalue weighted by Crippen LogP contribution is 2.23. The molecule has 0 spiro atoms. The molecule has 0 unspecified atom stereocenters. The van der Waals surface area contributed by atoms with Crippen LogP contribution in [0.3, 0.4) is 0 Å². The number of ether oxygens (including phenoxy) is 1. The SMILES string of the molecule is CC[C@@H](CNC(=O)COC(=O)c1cccc(C)c1[N+](=O)[O-])c1ccccc1. The number of hydrogen-bond donors (Lipinski definition) is 1. The topological polar surface area (TPSA) is 98.5 Å². The number of para-hydroxylation sites is 1. The number of benzene rings is 2. The van der Waals surface area contributed by atoms with E-state index >= 15 is 0 Å². The lowest BCUT2D eigenvalue weighted by molar-refractivity contribution is -0.385.